The number of H-pyrrole nitrogens is 1. The van der Waals surface area contributed by atoms with E-state index in [0.29, 0.717) is 32.4 Å². The van der Waals surface area contributed by atoms with E-state index in [9.17, 15) is 5.11 Å². The first-order chi connectivity index (χ1) is 10.1. The first-order valence-corrected chi connectivity index (χ1v) is 7.26. The Balaban J connectivity index is 2.09. The second-order valence-corrected chi connectivity index (χ2v) is 5.75. The summed E-state index contributed by atoms with van der Waals surface area (Å²) in [6.45, 7) is 1.94. The van der Waals surface area contributed by atoms with Crippen LogP contribution in [0.15, 0.2) is 34.9 Å². The summed E-state index contributed by atoms with van der Waals surface area (Å²) in [4.78, 5) is 8.66. The van der Waals surface area contributed by atoms with Crippen molar-refractivity contribution in [3.05, 3.63) is 45.5 Å². The van der Waals surface area contributed by atoms with E-state index in [1.165, 1.54) is 0 Å². The molecular formula is C14H10BrClN4O. The Morgan fingerprint density at radius 2 is 2.14 bits per heavy atom. The monoisotopic (exact) mass is 364 g/mol. The average Bonchev–Trinajstić information content (AvgIpc) is 2.92. The molecule has 0 aliphatic rings. The molecule has 2 aromatic heterocycles. The molecule has 0 amide bonds. The van der Waals surface area contributed by atoms with Crippen LogP contribution in [0, 0.1) is 6.92 Å². The first-order valence-electron chi connectivity index (χ1n) is 6.09. The van der Waals surface area contributed by atoms with Crippen LogP contribution in [-0.4, -0.2) is 25.3 Å². The molecule has 5 nitrogen and oxygen atoms in total. The fraction of sp³-hybridized carbons (Fsp3) is 0.0714. The summed E-state index contributed by atoms with van der Waals surface area (Å²) in [5, 5.41) is 17.5. The van der Waals surface area contributed by atoms with Gasteiger partial charge in [0, 0.05) is 11.2 Å². The molecule has 2 heterocycles. The molecule has 0 fully saturated rings. The summed E-state index contributed by atoms with van der Waals surface area (Å²) >= 11 is 9.25. The number of benzene rings is 1. The van der Waals surface area contributed by atoms with Gasteiger partial charge in [-0.3, -0.25) is 10.1 Å². The second kappa shape index (κ2) is 5.46. The van der Waals surface area contributed by atoms with Gasteiger partial charge >= 0.3 is 0 Å². The molecule has 0 atom stereocenters. The quantitative estimate of drug-likeness (QED) is 0.721. The van der Waals surface area contributed by atoms with Crippen LogP contribution in [0.3, 0.4) is 0 Å². The number of aryl methyl sites for hydroxylation is 1. The van der Waals surface area contributed by atoms with Crippen LogP contribution in [0.2, 0.25) is 5.02 Å². The molecule has 3 rings (SSSR count). The molecule has 0 bridgehead atoms. The SMILES string of the molecule is Cc1cccnc1-c1n[nH]c(-c2cc(Cl)cc(Br)c2O)n1. The van der Waals surface area contributed by atoms with Crippen LogP contribution in [0.1, 0.15) is 5.56 Å². The number of hydrogen-bond acceptors (Lipinski definition) is 4. The molecular weight excluding hydrogens is 356 g/mol. The fourth-order valence-corrected chi connectivity index (χ4v) is 2.76. The lowest BCUT2D eigenvalue weighted by molar-refractivity contribution is 0.473. The molecule has 0 aliphatic heterocycles. The van der Waals surface area contributed by atoms with E-state index >= 15 is 0 Å². The molecule has 2 N–H and O–H groups in total. The summed E-state index contributed by atoms with van der Waals surface area (Å²) in [6.07, 6.45) is 1.69. The smallest absolute Gasteiger partial charge is 0.200 e. The lowest BCUT2D eigenvalue weighted by atomic mass is 10.2. The number of hydrogen-bond donors (Lipinski definition) is 2. The molecule has 0 aliphatic carbocycles. The number of pyridine rings is 1. The van der Waals surface area contributed by atoms with Gasteiger partial charge in [-0.05, 0) is 46.6 Å². The van der Waals surface area contributed by atoms with Crippen molar-refractivity contribution in [1.82, 2.24) is 20.2 Å². The van der Waals surface area contributed by atoms with E-state index in [-0.39, 0.29) is 5.75 Å². The van der Waals surface area contributed by atoms with Gasteiger partial charge in [0.05, 0.1) is 10.0 Å². The van der Waals surface area contributed by atoms with Crippen LogP contribution >= 0.6 is 27.5 Å². The molecule has 0 spiro atoms. The Hall–Kier alpha value is -1.92. The molecule has 21 heavy (non-hydrogen) atoms. The van der Waals surface area contributed by atoms with E-state index in [2.05, 4.69) is 36.1 Å². The van der Waals surface area contributed by atoms with Crippen LogP contribution in [0.4, 0.5) is 0 Å². The summed E-state index contributed by atoms with van der Waals surface area (Å²) in [6, 6.07) is 7.02. The van der Waals surface area contributed by atoms with Gasteiger partial charge in [0.1, 0.15) is 11.4 Å². The Morgan fingerprint density at radius 1 is 1.33 bits per heavy atom. The van der Waals surface area contributed by atoms with Crippen LogP contribution in [0.5, 0.6) is 5.75 Å². The highest BCUT2D eigenvalue weighted by Gasteiger charge is 2.15. The standard InChI is InChI=1S/C14H10BrClN4O/c1-7-3-2-4-17-11(7)14-18-13(19-20-14)9-5-8(16)6-10(15)12(9)21/h2-6,21H,1H3,(H,18,19,20). The summed E-state index contributed by atoms with van der Waals surface area (Å²) in [5.41, 5.74) is 2.14. The largest absolute Gasteiger partial charge is 0.506 e. The zero-order chi connectivity index (χ0) is 15.0. The van der Waals surface area contributed by atoms with Gasteiger partial charge in [-0.2, -0.15) is 5.10 Å². The summed E-state index contributed by atoms with van der Waals surface area (Å²) in [7, 11) is 0. The third-order valence-corrected chi connectivity index (χ3v) is 3.81. The minimum absolute atomic E-state index is 0.0554. The van der Waals surface area contributed by atoms with Crippen molar-refractivity contribution in [2.24, 2.45) is 0 Å². The average molecular weight is 366 g/mol. The van der Waals surface area contributed by atoms with Crippen molar-refractivity contribution in [2.75, 3.05) is 0 Å². The van der Waals surface area contributed by atoms with E-state index in [0.717, 1.165) is 5.56 Å². The summed E-state index contributed by atoms with van der Waals surface area (Å²) < 4.78 is 0.497. The van der Waals surface area contributed by atoms with Crippen molar-refractivity contribution in [3.63, 3.8) is 0 Å². The maximum atomic E-state index is 10.1. The van der Waals surface area contributed by atoms with Crippen molar-refractivity contribution in [3.8, 4) is 28.7 Å². The molecule has 0 saturated carbocycles. The number of aromatic hydroxyl groups is 1. The minimum atomic E-state index is 0.0554. The number of phenolic OH excluding ortho intramolecular Hbond substituents is 1. The van der Waals surface area contributed by atoms with Gasteiger partial charge in [0.2, 0.25) is 0 Å². The number of nitrogens with one attached hydrogen (secondary N) is 1. The van der Waals surface area contributed by atoms with Crippen LogP contribution < -0.4 is 0 Å². The predicted molar refractivity (Wildman–Crippen MR) is 84.2 cm³/mol. The lowest BCUT2D eigenvalue weighted by Crippen LogP contribution is -1.89. The topological polar surface area (TPSA) is 74.7 Å². The third kappa shape index (κ3) is 2.64. The molecule has 0 radical (unpaired) electrons. The van der Waals surface area contributed by atoms with Gasteiger partial charge in [0.15, 0.2) is 11.6 Å². The van der Waals surface area contributed by atoms with Crippen molar-refractivity contribution < 1.29 is 5.11 Å². The fourth-order valence-electron chi connectivity index (χ4n) is 1.95. The lowest BCUT2D eigenvalue weighted by Gasteiger charge is -2.04. The predicted octanol–water partition coefficient (Wildman–Crippen LogP) is 3.96. The van der Waals surface area contributed by atoms with Gasteiger partial charge in [-0.15, -0.1) is 0 Å². The number of phenols is 1. The van der Waals surface area contributed by atoms with Crippen molar-refractivity contribution in [1.29, 1.82) is 0 Å². The Morgan fingerprint density at radius 3 is 2.90 bits per heavy atom. The Labute approximate surface area is 134 Å². The van der Waals surface area contributed by atoms with E-state index in [4.69, 9.17) is 11.6 Å². The zero-order valence-electron chi connectivity index (χ0n) is 10.9. The molecule has 7 heteroatoms. The second-order valence-electron chi connectivity index (χ2n) is 4.46. The Kier molecular flexibility index (Phi) is 3.65. The third-order valence-electron chi connectivity index (χ3n) is 2.99. The molecule has 0 unspecified atom stereocenters. The number of rotatable bonds is 2. The van der Waals surface area contributed by atoms with Crippen molar-refractivity contribution in [2.45, 2.75) is 6.92 Å². The van der Waals surface area contributed by atoms with Gasteiger partial charge in [-0.25, -0.2) is 4.98 Å². The highest BCUT2D eigenvalue weighted by atomic mass is 79.9. The number of halogens is 2. The van der Waals surface area contributed by atoms with Gasteiger partial charge in [0.25, 0.3) is 0 Å². The molecule has 3 aromatic rings. The van der Waals surface area contributed by atoms with E-state index in [1.54, 1.807) is 18.3 Å². The summed E-state index contributed by atoms with van der Waals surface area (Å²) in [5.74, 6) is 0.953. The van der Waals surface area contributed by atoms with Gasteiger partial charge in [-0.1, -0.05) is 17.7 Å². The molecule has 1 aromatic carbocycles. The van der Waals surface area contributed by atoms with E-state index < -0.39 is 0 Å². The number of aromatic amines is 1. The minimum Gasteiger partial charge on any atom is -0.506 e. The van der Waals surface area contributed by atoms with Crippen LogP contribution in [0.25, 0.3) is 22.9 Å². The van der Waals surface area contributed by atoms with E-state index in [1.807, 2.05) is 19.1 Å². The number of aromatic nitrogens is 4. The maximum Gasteiger partial charge on any atom is 0.200 e. The first kappa shape index (κ1) is 14.0. The normalized spacial score (nSPS) is 10.8. The Bertz CT molecular complexity index is 818. The highest BCUT2D eigenvalue weighted by Crippen LogP contribution is 2.37. The molecule has 0 saturated heterocycles. The zero-order valence-corrected chi connectivity index (χ0v) is 13.3. The van der Waals surface area contributed by atoms with Crippen LogP contribution in [-0.2, 0) is 0 Å². The highest BCUT2D eigenvalue weighted by molar-refractivity contribution is 9.10. The van der Waals surface area contributed by atoms with Gasteiger partial charge < -0.3 is 5.11 Å². The molecule has 106 valence electrons. The maximum absolute atomic E-state index is 10.1. The number of nitrogens with zero attached hydrogens (tertiary/aromatic N) is 3. The van der Waals surface area contributed by atoms with Crippen molar-refractivity contribution >= 4 is 27.5 Å².